The zero-order valence-electron chi connectivity index (χ0n) is 6.90. The Morgan fingerprint density at radius 1 is 1.18 bits per heavy atom. The summed E-state index contributed by atoms with van der Waals surface area (Å²) >= 11 is 0. The molecule has 0 radical (unpaired) electrons. The zero-order valence-corrected chi connectivity index (χ0v) is 6.90. The predicted molar refractivity (Wildman–Crippen MR) is 45.4 cm³/mol. The van der Waals surface area contributed by atoms with Gasteiger partial charge in [0.05, 0.1) is 0 Å². The molecule has 11 heavy (non-hydrogen) atoms. The Hall–Kier alpha value is -0.120. The van der Waals surface area contributed by atoms with E-state index in [0.29, 0.717) is 11.5 Å². The third-order valence-corrected chi connectivity index (χ3v) is 3.23. The van der Waals surface area contributed by atoms with E-state index >= 15 is 0 Å². The maximum atomic E-state index is 6.05. The van der Waals surface area contributed by atoms with Crippen LogP contribution in [0.2, 0.25) is 0 Å². The standard InChI is InChI=1S/C8H17N3/c9-7-5-11-6-8(7)1-3-10-4-2-8/h7,10-11H,1-6,9H2/t7-/m0/s1. The molecule has 0 bridgehead atoms. The fraction of sp³-hybridized carbons (Fsp3) is 1.00. The van der Waals surface area contributed by atoms with Gasteiger partial charge in [0.25, 0.3) is 0 Å². The van der Waals surface area contributed by atoms with Crippen LogP contribution < -0.4 is 16.4 Å². The van der Waals surface area contributed by atoms with E-state index in [2.05, 4.69) is 10.6 Å². The van der Waals surface area contributed by atoms with Crippen LogP contribution in [0, 0.1) is 5.41 Å². The molecule has 2 aliphatic heterocycles. The molecule has 0 aromatic rings. The summed E-state index contributed by atoms with van der Waals surface area (Å²) in [4.78, 5) is 0. The van der Waals surface area contributed by atoms with Gasteiger partial charge >= 0.3 is 0 Å². The Morgan fingerprint density at radius 3 is 2.45 bits per heavy atom. The molecule has 4 N–H and O–H groups in total. The minimum atomic E-state index is 0.393. The summed E-state index contributed by atoms with van der Waals surface area (Å²) in [7, 11) is 0. The van der Waals surface area contributed by atoms with Crippen molar-refractivity contribution < 1.29 is 0 Å². The quantitative estimate of drug-likeness (QED) is 0.433. The van der Waals surface area contributed by atoms with Gasteiger partial charge in [-0.15, -0.1) is 0 Å². The summed E-state index contributed by atoms with van der Waals surface area (Å²) in [6.07, 6.45) is 2.50. The number of rotatable bonds is 0. The highest BCUT2D eigenvalue weighted by Crippen LogP contribution is 2.33. The van der Waals surface area contributed by atoms with Gasteiger partial charge in [-0.25, -0.2) is 0 Å². The number of hydrogen-bond acceptors (Lipinski definition) is 3. The highest BCUT2D eigenvalue weighted by atomic mass is 15.0. The van der Waals surface area contributed by atoms with Crippen LogP contribution in [0.15, 0.2) is 0 Å². The summed E-state index contributed by atoms with van der Waals surface area (Å²) in [5.74, 6) is 0. The molecule has 2 saturated heterocycles. The number of nitrogens with one attached hydrogen (secondary N) is 2. The fourth-order valence-corrected chi connectivity index (χ4v) is 2.30. The Kier molecular flexibility index (Phi) is 1.87. The molecule has 0 aromatic heterocycles. The third kappa shape index (κ3) is 1.17. The predicted octanol–water partition coefficient (Wildman–Crippen LogP) is -0.713. The summed E-state index contributed by atoms with van der Waals surface area (Å²) in [5.41, 5.74) is 6.49. The normalized spacial score (nSPS) is 36.3. The molecule has 0 unspecified atom stereocenters. The van der Waals surface area contributed by atoms with Crippen molar-refractivity contribution >= 4 is 0 Å². The molecule has 3 nitrogen and oxygen atoms in total. The van der Waals surface area contributed by atoms with Crippen LogP contribution >= 0.6 is 0 Å². The van der Waals surface area contributed by atoms with E-state index in [0.717, 1.165) is 26.2 Å². The van der Waals surface area contributed by atoms with Gasteiger partial charge in [0.15, 0.2) is 0 Å². The third-order valence-electron chi connectivity index (χ3n) is 3.23. The molecule has 2 aliphatic rings. The van der Waals surface area contributed by atoms with E-state index in [1.165, 1.54) is 12.8 Å². The van der Waals surface area contributed by atoms with Crippen molar-refractivity contribution in [1.29, 1.82) is 0 Å². The van der Waals surface area contributed by atoms with Crippen molar-refractivity contribution in [2.75, 3.05) is 26.2 Å². The first kappa shape index (κ1) is 7.53. The molecule has 0 amide bonds. The molecular formula is C8H17N3. The number of piperidine rings is 1. The molecule has 1 spiro atoms. The second-order valence-corrected chi connectivity index (χ2v) is 3.85. The van der Waals surface area contributed by atoms with Gasteiger partial charge in [-0.05, 0) is 25.9 Å². The van der Waals surface area contributed by atoms with E-state index in [1.807, 2.05) is 0 Å². The Labute approximate surface area is 67.7 Å². The van der Waals surface area contributed by atoms with E-state index in [4.69, 9.17) is 5.73 Å². The first-order valence-electron chi connectivity index (χ1n) is 4.51. The summed E-state index contributed by atoms with van der Waals surface area (Å²) in [5, 5.41) is 6.75. The average Bonchev–Trinajstić information content (AvgIpc) is 2.36. The van der Waals surface area contributed by atoms with Crippen LogP contribution in [0.4, 0.5) is 0 Å². The Bertz CT molecular complexity index is 140. The van der Waals surface area contributed by atoms with Crippen molar-refractivity contribution in [2.45, 2.75) is 18.9 Å². The topological polar surface area (TPSA) is 50.1 Å². The first-order valence-corrected chi connectivity index (χ1v) is 4.51. The van der Waals surface area contributed by atoms with Gasteiger partial charge in [-0.1, -0.05) is 0 Å². The van der Waals surface area contributed by atoms with Crippen molar-refractivity contribution in [1.82, 2.24) is 10.6 Å². The van der Waals surface area contributed by atoms with Crippen molar-refractivity contribution in [3.05, 3.63) is 0 Å². The second kappa shape index (κ2) is 2.73. The first-order chi connectivity index (χ1) is 5.33. The van der Waals surface area contributed by atoms with Crippen LogP contribution in [0.25, 0.3) is 0 Å². The lowest BCUT2D eigenvalue weighted by Gasteiger charge is -2.36. The maximum Gasteiger partial charge on any atom is 0.0235 e. The SMILES string of the molecule is N[C@H]1CNCC12CCNCC2. The summed E-state index contributed by atoms with van der Waals surface area (Å²) < 4.78 is 0. The molecule has 2 fully saturated rings. The molecule has 3 heteroatoms. The smallest absolute Gasteiger partial charge is 0.0235 e. The largest absolute Gasteiger partial charge is 0.326 e. The van der Waals surface area contributed by atoms with Gasteiger partial charge in [-0.3, -0.25) is 0 Å². The zero-order chi connectivity index (χ0) is 7.73. The molecular weight excluding hydrogens is 138 g/mol. The van der Waals surface area contributed by atoms with Gasteiger partial charge in [0.2, 0.25) is 0 Å². The highest BCUT2D eigenvalue weighted by molar-refractivity contribution is 4.99. The lowest BCUT2D eigenvalue weighted by molar-refractivity contribution is 0.203. The van der Waals surface area contributed by atoms with Crippen LogP contribution in [0.3, 0.4) is 0 Å². The molecule has 0 aromatic carbocycles. The molecule has 64 valence electrons. The van der Waals surface area contributed by atoms with E-state index < -0.39 is 0 Å². The van der Waals surface area contributed by atoms with Crippen LogP contribution in [0.1, 0.15) is 12.8 Å². The van der Waals surface area contributed by atoms with Gasteiger partial charge in [-0.2, -0.15) is 0 Å². The number of nitrogens with two attached hydrogens (primary N) is 1. The van der Waals surface area contributed by atoms with E-state index in [-0.39, 0.29) is 0 Å². The molecule has 2 heterocycles. The summed E-state index contributed by atoms with van der Waals surface area (Å²) in [6, 6.07) is 0.393. The molecule has 0 saturated carbocycles. The Balaban J connectivity index is 2.06. The minimum Gasteiger partial charge on any atom is -0.326 e. The van der Waals surface area contributed by atoms with Crippen molar-refractivity contribution in [3.63, 3.8) is 0 Å². The average molecular weight is 155 g/mol. The van der Waals surface area contributed by atoms with Gasteiger partial charge in [0, 0.05) is 24.5 Å². The molecule has 1 atom stereocenters. The van der Waals surface area contributed by atoms with Crippen molar-refractivity contribution in [2.24, 2.45) is 11.1 Å². The van der Waals surface area contributed by atoms with E-state index in [1.54, 1.807) is 0 Å². The van der Waals surface area contributed by atoms with Crippen LogP contribution in [-0.2, 0) is 0 Å². The molecule has 0 aliphatic carbocycles. The lowest BCUT2D eigenvalue weighted by Crippen LogP contribution is -2.47. The second-order valence-electron chi connectivity index (χ2n) is 3.85. The maximum absolute atomic E-state index is 6.05. The van der Waals surface area contributed by atoms with Crippen molar-refractivity contribution in [3.8, 4) is 0 Å². The monoisotopic (exact) mass is 155 g/mol. The van der Waals surface area contributed by atoms with E-state index in [9.17, 15) is 0 Å². The minimum absolute atomic E-state index is 0.393. The van der Waals surface area contributed by atoms with Gasteiger partial charge < -0.3 is 16.4 Å². The van der Waals surface area contributed by atoms with Crippen LogP contribution in [-0.4, -0.2) is 32.2 Å². The van der Waals surface area contributed by atoms with Crippen LogP contribution in [0.5, 0.6) is 0 Å². The Morgan fingerprint density at radius 2 is 1.91 bits per heavy atom. The molecule has 2 rings (SSSR count). The highest BCUT2D eigenvalue weighted by Gasteiger charge is 2.41. The lowest BCUT2D eigenvalue weighted by atomic mass is 9.75. The fourth-order valence-electron chi connectivity index (χ4n) is 2.30. The number of hydrogen-bond donors (Lipinski definition) is 3. The van der Waals surface area contributed by atoms with Gasteiger partial charge in [0.1, 0.15) is 0 Å². The summed E-state index contributed by atoms with van der Waals surface area (Å²) in [6.45, 7) is 4.45.